The molecule has 1 nitrogen and oxygen atoms in total. The number of halogens is 1. The van der Waals surface area contributed by atoms with Gasteiger partial charge in [-0.05, 0) is 13.0 Å². The Hall–Kier alpha value is 0.505. The largest absolute Gasteiger partial charge is 0.362 e. The first kappa shape index (κ1) is 6.50. The fourth-order valence-corrected chi connectivity index (χ4v) is 0.524. The van der Waals surface area contributed by atoms with Crippen LogP contribution < -0.4 is 5.23 Å². The molecule has 1 N–H and O–H groups in total. The van der Waals surface area contributed by atoms with Crippen molar-refractivity contribution in [3.63, 3.8) is 0 Å². The van der Waals surface area contributed by atoms with Gasteiger partial charge in [0.05, 0.1) is 0 Å². The minimum absolute atomic E-state index is 1.10. The molecule has 0 aliphatic carbocycles. The second-order valence-corrected chi connectivity index (χ2v) is 1.94. The summed E-state index contributed by atoms with van der Waals surface area (Å²) in [5, 5.41) is 4.14. The fraction of sp³-hybridized carbons (Fsp3) is 1.00. The maximum Gasteiger partial charge on any atom is 0.181 e. The zero-order valence-corrected chi connectivity index (χ0v) is 5.59. The van der Waals surface area contributed by atoms with E-state index in [2.05, 4.69) is 21.2 Å². The summed E-state index contributed by atoms with van der Waals surface area (Å²) in [4.78, 5) is 0. The van der Waals surface area contributed by atoms with Crippen LogP contribution >= 0.6 is 15.9 Å². The van der Waals surface area contributed by atoms with Crippen molar-refractivity contribution in [2.75, 3.05) is 11.9 Å². The van der Waals surface area contributed by atoms with E-state index in [9.17, 15) is 0 Å². The van der Waals surface area contributed by atoms with E-state index in [-0.39, 0.29) is 0 Å². The van der Waals surface area contributed by atoms with E-state index in [0.29, 0.717) is 0 Å². The molecule has 0 saturated heterocycles. The molecule has 0 aliphatic rings. The third-order valence-electron chi connectivity index (χ3n) is 0.560. The van der Waals surface area contributed by atoms with Gasteiger partial charge in [0, 0.05) is 5.33 Å². The molecule has 0 aromatic carbocycles. The van der Waals surface area contributed by atoms with E-state index in [4.69, 9.17) is 0 Å². The molecule has 0 spiro atoms. The van der Waals surface area contributed by atoms with Gasteiger partial charge in [0.15, 0.2) is 7.98 Å². The Morgan fingerprint density at radius 2 is 2.33 bits per heavy atom. The first-order valence-corrected chi connectivity index (χ1v) is 3.24. The van der Waals surface area contributed by atoms with Crippen LogP contribution in [0.1, 0.15) is 6.42 Å². The van der Waals surface area contributed by atoms with Crippen LogP contribution in [0.15, 0.2) is 0 Å². The summed E-state index contributed by atoms with van der Waals surface area (Å²) in [6, 6.07) is 0. The van der Waals surface area contributed by atoms with Crippen LogP contribution in [0.2, 0.25) is 0 Å². The van der Waals surface area contributed by atoms with Crippen molar-refractivity contribution in [1.82, 2.24) is 5.23 Å². The van der Waals surface area contributed by atoms with Crippen LogP contribution in [-0.4, -0.2) is 19.9 Å². The Bertz CT molecular complexity index is 22.8. The molecule has 0 aliphatic heterocycles. The molecule has 6 heavy (non-hydrogen) atoms. The number of nitrogens with one attached hydrogen (secondary N) is 1. The van der Waals surface area contributed by atoms with Gasteiger partial charge in [-0.25, -0.2) is 0 Å². The average Bonchev–Trinajstić information content (AvgIpc) is 1.61. The van der Waals surface area contributed by atoms with Crippen LogP contribution in [-0.2, 0) is 0 Å². The minimum atomic E-state index is 1.10. The van der Waals surface area contributed by atoms with Gasteiger partial charge in [-0.3, -0.25) is 0 Å². The molecule has 0 unspecified atom stereocenters. The lowest BCUT2D eigenvalue weighted by Gasteiger charge is -1.88. The molecule has 0 fully saturated rings. The number of hydrogen-bond donors (Lipinski definition) is 1. The second-order valence-electron chi connectivity index (χ2n) is 1.15. The summed E-state index contributed by atoms with van der Waals surface area (Å²) in [6.07, 6.45) is 1.22. The zero-order chi connectivity index (χ0) is 4.83. The summed E-state index contributed by atoms with van der Waals surface area (Å²) in [5.41, 5.74) is 0. The molecule has 0 amide bonds. The molecule has 0 rings (SSSR count). The van der Waals surface area contributed by atoms with Gasteiger partial charge in [-0.2, -0.15) is 0 Å². The molecular formula is C3H9BBrN. The SMILES string of the molecule is BNCCCBr. The van der Waals surface area contributed by atoms with E-state index in [1.807, 2.05) is 7.98 Å². The van der Waals surface area contributed by atoms with Gasteiger partial charge in [0.2, 0.25) is 0 Å². The monoisotopic (exact) mass is 149 g/mol. The predicted molar refractivity (Wildman–Crippen MR) is 35.0 cm³/mol. The van der Waals surface area contributed by atoms with Crippen LogP contribution in [0.5, 0.6) is 0 Å². The van der Waals surface area contributed by atoms with Crippen LogP contribution in [0.3, 0.4) is 0 Å². The van der Waals surface area contributed by atoms with Crippen LogP contribution in [0.4, 0.5) is 0 Å². The lowest BCUT2D eigenvalue weighted by Crippen LogP contribution is -2.09. The topological polar surface area (TPSA) is 12.0 Å². The van der Waals surface area contributed by atoms with Crippen molar-refractivity contribution in [2.24, 2.45) is 0 Å². The van der Waals surface area contributed by atoms with Crippen molar-refractivity contribution >= 4 is 23.9 Å². The maximum atomic E-state index is 3.31. The Kier molecular flexibility index (Phi) is 5.97. The molecule has 0 bridgehead atoms. The zero-order valence-electron chi connectivity index (χ0n) is 4.00. The van der Waals surface area contributed by atoms with Crippen molar-refractivity contribution in [2.45, 2.75) is 6.42 Å². The Labute approximate surface area is 48.1 Å². The quantitative estimate of drug-likeness (QED) is 0.336. The molecule has 36 valence electrons. The lowest BCUT2D eigenvalue weighted by molar-refractivity contribution is 0.881. The Morgan fingerprint density at radius 1 is 1.67 bits per heavy atom. The molecule has 0 saturated carbocycles. The summed E-state index contributed by atoms with van der Waals surface area (Å²) in [6.45, 7) is 1.12. The smallest absolute Gasteiger partial charge is 0.181 e. The highest BCUT2D eigenvalue weighted by molar-refractivity contribution is 9.09. The Balaban J connectivity index is 2.34. The molecule has 3 heteroatoms. The van der Waals surface area contributed by atoms with Gasteiger partial charge >= 0.3 is 0 Å². The van der Waals surface area contributed by atoms with Gasteiger partial charge in [-0.1, -0.05) is 15.9 Å². The molecular weight excluding hydrogens is 141 g/mol. The highest BCUT2D eigenvalue weighted by Gasteiger charge is 1.74. The predicted octanol–water partition coefficient (Wildman–Crippen LogP) is -0.0909. The van der Waals surface area contributed by atoms with Gasteiger partial charge in [0.1, 0.15) is 0 Å². The standard InChI is InChI=1S/C3H9BBrN/c4-6-3-1-2-5/h6H,1-4H2. The first-order valence-electron chi connectivity index (χ1n) is 2.12. The van der Waals surface area contributed by atoms with Gasteiger partial charge in [-0.15, -0.1) is 0 Å². The average molecular weight is 150 g/mol. The van der Waals surface area contributed by atoms with E-state index in [1.54, 1.807) is 0 Å². The van der Waals surface area contributed by atoms with Crippen molar-refractivity contribution in [1.29, 1.82) is 0 Å². The number of rotatable bonds is 3. The number of alkyl halides is 1. The van der Waals surface area contributed by atoms with Gasteiger partial charge < -0.3 is 5.23 Å². The van der Waals surface area contributed by atoms with E-state index in [0.717, 1.165) is 11.9 Å². The van der Waals surface area contributed by atoms with Crippen molar-refractivity contribution in [3.05, 3.63) is 0 Å². The number of hydrogen-bond acceptors (Lipinski definition) is 1. The molecule has 0 radical (unpaired) electrons. The molecule has 0 aromatic heterocycles. The third-order valence-corrected chi connectivity index (χ3v) is 1.12. The fourth-order valence-electron chi connectivity index (χ4n) is 0.244. The summed E-state index contributed by atoms with van der Waals surface area (Å²) < 4.78 is 0. The van der Waals surface area contributed by atoms with Gasteiger partial charge in [0.25, 0.3) is 0 Å². The maximum absolute atomic E-state index is 3.31. The highest BCUT2D eigenvalue weighted by Crippen LogP contribution is 1.82. The molecule has 0 atom stereocenters. The molecule has 0 aromatic rings. The molecule has 0 heterocycles. The normalized spacial score (nSPS) is 8.83. The van der Waals surface area contributed by atoms with Crippen molar-refractivity contribution in [3.8, 4) is 0 Å². The summed E-state index contributed by atoms with van der Waals surface area (Å²) >= 11 is 3.31. The van der Waals surface area contributed by atoms with Crippen molar-refractivity contribution < 1.29 is 0 Å². The van der Waals surface area contributed by atoms with Crippen LogP contribution in [0.25, 0.3) is 0 Å². The summed E-state index contributed by atoms with van der Waals surface area (Å²) in [5.74, 6) is 0. The minimum Gasteiger partial charge on any atom is -0.362 e. The highest BCUT2D eigenvalue weighted by atomic mass is 79.9. The second kappa shape index (κ2) is 5.50. The first-order chi connectivity index (χ1) is 2.91. The Morgan fingerprint density at radius 3 is 2.50 bits per heavy atom. The van der Waals surface area contributed by atoms with E-state index >= 15 is 0 Å². The van der Waals surface area contributed by atoms with E-state index < -0.39 is 0 Å². The van der Waals surface area contributed by atoms with Crippen LogP contribution in [0, 0.1) is 0 Å². The summed E-state index contributed by atoms with van der Waals surface area (Å²) in [7, 11) is 1.96. The third kappa shape index (κ3) is 4.50. The lowest BCUT2D eigenvalue weighted by atomic mass is 10.4. The van der Waals surface area contributed by atoms with E-state index in [1.165, 1.54) is 6.42 Å².